The van der Waals surface area contributed by atoms with Crippen molar-refractivity contribution in [3.63, 3.8) is 0 Å². The summed E-state index contributed by atoms with van der Waals surface area (Å²) in [5.41, 5.74) is 1.11. The largest absolute Gasteiger partial charge is 0.468 e. The monoisotopic (exact) mass is 536 g/mol. The van der Waals surface area contributed by atoms with E-state index in [0.29, 0.717) is 36.6 Å². The lowest BCUT2D eigenvalue weighted by atomic mass is 9.92. The minimum absolute atomic E-state index is 0.0428. The molecule has 0 aromatic carbocycles. The Balaban J connectivity index is 1.73. The van der Waals surface area contributed by atoms with Gasteiger partial charge in [0.2, 0.25) is 11.8 Å². The lowest BCUT2D eigenvalue weighted by molar-refractivity contribution is -0.886. The van der Waals surface area contributed by atoms with E-state index in [2.05, 4.69) is 15.3 Å². The minimum Gasteiger partial charge on any atom is -0.468 e. The summed E-state index contributed by atoms with van der Waals surface area (Å²) in [6, 6.07) is 6.00. The van der Waals surface area contributed by atoms with Crippen molar-refractivity contribution in [1.82, 2.24) is 9.97 Å². The maximum absolute atomic E-state index is 14.1. The van der Waals surface area contributed by atoms with Crippen molar-refractivity contribution in [2.45, 2.75) is 58.1 Å². The van der Waals surface area contributed by atoms with Crippen LogP contribution in [0.15, 0.2) is 30.5 Å². The number of nitrogens with one attached hydrogen (secondary N) is 1. The molecule has 2 amide bonds. The number of halogens is 3. The molecule has 9 nitrogen and oxygen atoms in total. The molecule has 1 N–H and O–H groups in total. The van der Waals surface area contributed by atoms with Crippen molar-refractivity contribution >= 4 is 23.5 Å². The van der Waals surface area contributed by atoms with Crippen molar-refractivity contribution in [1.29, 1.82) is 0 Å². The van der Waals surface area contributed by atoms with Crippen molar-refractivity contribution < 1.29 is 36.7 Å². The summed E-state index contributed by atoms with van der Waals surface area (Å²) >= 11 is 0. The van der Waals surface area contributed by atoms with E-state index >= 15 is 0 Å². The van der Waals surface area contributed by atoms with E-state index < -0.39 is 18.9 Å². The second-order valence-electron chi connectivity index (χ2n) is 10.2. The number of anilines is 2. The summed E-state index contributed by atoms with van der Waals surface area (Å²) in [5.74, 6) is -0.0802. The average molecular weight is 537 g/mol. The minimum atomic E-state index is -4.50. The number of pyridine rings is 2. The molecule has 4 heterocycles. The summed E-state index contributed by atoms with van der Waals surface area (Å²) in [7, 11) is 3.48. The molecule has 4 atom stereocenters. The normalized spacial score (nSPS) is 24.0. The van der Waals surface area contributed by atoms with Gasteiger partial charge in [-0.15, -0.1) is 0 Å². The SMILES string of the molecule is COC1CCN2c3nc(OCC(F)(F)F)ccc3C(=O)[N+](C)(C(C)c3ccnc(NC(=O)C(C)C)c3)C2C1. The highest BCUT2D eigenvalue weighted by atomic mass is 19.4. The number of rotatable bonds is 7. The number of quaternary nitrogens is 1. The van der Waals surface area contributed by atoms with Crippen LogP contribution >= 0.6 is 0 Å². The first-order valence-electron chi connectivity index (χ1n) is 12.5. The van der Waals surface area contributed by atoms with E-state index in [9.17, 15) is 22.8 Å². The Morgan fingerprint density at radius 2 is 2.00 bits per heavy atom. The number of ether oxygens (including phenoxy) is 2. The van der Waals surface area contributed by atoms with Gasteiger partial charge in [-0.2, -0.15) is 18.2 Å². The van der Waals surface area contributed by atoms with E-state index in [-0.39, 0.29) is 40.2 Å². The molecular weight excluding hydrogens is 503 g/mol. The molecule has 12 heteroatoms. The van der Waals surface area contributed by atoms with Gasteiger partial charge in [-0.1, -0.05) is 13.8 Å². The summed E-state index contributed by atoms with van der Waals surface area (Å²) in [4.78, 5) is 36.9. The van der Waals surface area contributed by atoms with E-state index in [1.807, 2.05) is 24.9 Å². The van der Waals surface area contributed by atoms with Gasteiger partial charge in [-0.05, 0) is 31.5 Å². The smallest absolute Gasteiger partial charge is 0.422 e. The third-order valence-electron chi connectivity index (χ3n) is 7.50. The van der Waals surface area contributed by atoms with Crippen molar-refractivity contribution in [2.24, 2.45) is 5.92 Å². The van der Waals surface area contributed by atoms with Gasteiger partial charge in [-0.25, -0.2) is 14.3 Å². The number of aromatic nitrogens is 2. The number of nitrogens with zero attached hydrogens (tertiary/aromatic N) is 4. The van der Waals surface area contributed by atoms with Crippen molar-refractivity contribution in [2.75, 3.05) is 37.5 Å². The van der Waals surface area contributed by atoms with Crippen LogP contribution in [0.2, 0.25) is 0 Å². The molecule has 0 aliphatic carbocycles. The topological polar surface area (TPSA) is 93.7 Å². The molecule has 1 saturated heterocycles. The number of piperidine rings is 1. The molecule has 4 unspecified atom stereocenters. The number of carbonyl (C=O) groups is 2. The van der Waals surface area contributed by atoms with Gasteiger partial charge in [-0.3, -0.25) is 4.79 Å². The van der Waals surface area contributed by atoms with Crippen LogP contribution in [-0.4, -0.2) is 72.0 Å². The summed E-state index contributed by atoms with van der Waals surface area (Å²) < 4.78 is 48.7. The van der Waals surface area contributed by atoms with Crippen molar-refractivity contribution in [3.8, 4) is 5.88 Å². The summed E-state index contributed by atoms with van der Waals surface area (Å²) in [6.45, 7) is 4.55. The fourth-order valence-corrected chi connectivity index (χ4v) is 5.12. The average Bonchev–Trinajstić information content (AvgIpc) is 2.89. The molecule has 1 fully saturated rings. The van der Waals surface area contributed by atoms with Crippen LogP contribution in [0.5, 0.6) is 5.88 Å². The predicted octanol–water partition coefficient (Wildman–Crippen LogP) is 4.32. The highest BCUT2D eigenvalue weighted by Crippen LogP contribution is 2.45. The zero-order valence-electron chi connectivity index (χ0n) is 22.1. The zero-order chi connectivity index (χ0) is 27.8. The third kappa shape index (κ3) is 5.32. The fraction of sp³-hybridized carbons (Fsp3) is 0.538. The lowest BCUT2D eigenvalue weighted by Crippen LogP contribution is -2.69. The maximum Gasteiger partial charge on any atom is 0.422 e. The number of hydrogen-bond acceptors (Lipinski definition) is 7. The number of methoxy groups -OCH3 is 1. The molecule has 2 aliphatic rings. The van der Waals surface area contributed by atoms with Crippen LogP contribution in [-0.2, 0) is 9.53 Å². The second kappa shape index (κ2) is 10.5. The first kappa shape index (κ1) is 27.8. The molecule has 0 radical (unpaired) electrons. The second-order valence-corrected chi connectivity index (χ2v) is 10.2. The number of hydrogen-bond donors (Lipinski definition) is 1. The molecule has 2 aromatic heterocycles. The Morgan fingerprint density at radius 3 is 2.66 bits per heavy atom. The Morgan fingerprint density at radius 1 is 1.26 bits per heavy atom. The molecule has 0 bridgehead atoms. The van der Waals surface area contributed by atoms with Gasteiger partial charge in [0.15, 0.2) is 18.6 Å². The predicted molar refractivity (Wildman–Crippen MR) is 134 cm³/mol. The van der Waals surface area contributed by atoms with E-state index in [1.165, 1.54) is 12.1 Å². The molecular formula is C26H33F3N5O4+. The number of amides is 2. The molecule has 0 saturated carbocycles. The van der Waals surface area contributed by atoms with Crippen LogP contribution in [0.25, 0.3) is 0 Å². The fourth-order valence-electron chi connectivity index (χ4n) is 5.12. The molecule has 0 spiro atoms. The maximum atomic E-state index is 14.1. The van der Waals surface area contributed by atoms with Crippen molar-refractivity contribution in [3.05, 3.63) is 41.6 Å². The lowest BCUT2D eigenvalue weighted by Gasteiger charge is -2.53. The molecule has 2 aromatic rings. The number of carbonyl (C=O) groups excluding carboxylic acids is 2. The molecule has 2 aliphatic heterocycles. The zero-order valence-corrected chi connectivity index (χ0v) is 22.1. The number of alkyl halides is 3. The standard InChI is InChI=1S/C26H32F3N5O4/c1-15(2)24(35)31-20-12-17(8-10-30-20)16(3)34(4)22-13-18(37-5)9-11-33(22)23-19(25(34)36)6-7-21(32-23)38-14-26(27,28)29/h6-8,10,12,15-16,18,22H,9,11,13-14H2,1-5H3/p+1. The van der Waals surface area contributed by atoms with Gasteiger partial charge in [0, 0.05) is 43.8 Å². The van der Waals surface area contributed by atoms with Crippen LogP contribution in [0.4, 0.5) is 24.8 Å². The van der Waals surface area contributed by atoms with Crippen LogP contribution in [0.3, 0.4) is 0 Å². The first-order valence-corrected chi connectivity index (χ1v) is 12.5. The molecule has 38 heavy (non-hydrogen) atoms. The Kier molecular flexibility index (Phi) is 7.67. The van der Waals surface area contributed by atoms with Crippen LogP contribution < -0.4 is 15.0 Å². The van der Waals surface area contributed by atoms with Gasteiger partial charge < -0.3 is 19.7 Å². The Labute approximate surface area is 219 Å². The van der Waals surface area contributed by atoms with Crippen LogP contribution in [0, 0.1) is 5.92 Å². The molecule has 206 valence electrons. The Hall–Kier alpha value is -3.25. The van der Waals surface area contributed by atoms with Gasteiger partial charge in [0.25, 0.3) is 0 Å². The highest BCUT2D eigenvalue weighted by molar-refractivity contribution is 5.96. The molecule has 4 rings (SSSR count). The Bertz CT molecular complexity index is 1210. The van der Waals surface area contributed by atoms with Crippen LogP contribution in [0.1, 0.15) is 55.6 Å². The van der Waals surface area contributed by atoms with Gasteiger partial charge in [0.1, 0.15) is 17.4 Å². The quantitative estimate of drug-likeness (QED) is 0.527. The summed E-state index contributed by atoms with van der Waals surface area (Å²) in [5, 5.41) is 2.80. The highest BCUT2D eigenvalue weighted by Gasteiger charge is 2.56. The third-order valence-corrected chi connectivity index (χ3v) is 7.50. The summed E-state index contributed by atoms with van der Waals surface area (Å²) in [6.07, 6.45) is -2.21. The first-order chi connectivity index (χ1) is 17.8. The van der Waals surface area contributed by atoms with E-state index in [0.717, 1.165) is 5.56 Å². The van der Waals surface area contributed by atoms with Gasteiger partial charge >= 0.3 is 12.1 Å². The number of fused-ring (bicyclic) bond motifs is 3. The van der Waals surface area contributed by atoms with E-state index in [4.69, 9.17) is 9.47 Å². The van der Waals surface area contributed by atoms with Gasteiger partial charge in [0.05, 0.1) is 13.2 Å². The van der Waals surface area contributed by atoms with E-state index in [1.54, 1.807) is 33.2 Å².